The minimum Gasteiger partial charge on any atom is -0.384 e. The summed E-state index contributed by atoms with van der Waals surface area (Å²) in [7, 11) is 4.30. The van der Waals surface area contributed by atoms with Crippen molar-refractivity contribution in [3.05, 3.63) is 35.9 Å². The number of likely N-dealkylation sites (tertiary alicyclic amines) is 1. The molecule has 3 heteroatoms. The molecule has 0 bridgehead atoms. The summed E-state index contributed by atoms with van der Waals surface area (Å²) >= 11 is 0. The Bertz CT molecular complexity index is 391. The van der Waals surface area contributed by atoms with Crippen LogP contribution >= 0.6 is 0 Å². The average molecular weight is 262 g/mol. The van der Waals surface area contributed by atoms with Gasteiger partial charge in [0.1, 0.15) is 0 Å². The molecule has 1 aliphatic rings. The fourth-order valence-electron chi connectivity index (χ4n) is 3.05. The Morgan fingerprint density at radius 2 is 2.05 bits per heavy atom. The van der Waals surface area contributed by atoms with Crippen LogP contribution in [0.5, 0.6) is 0 Å². The molecule has 106 valence electrons. The minimum absolute atomic E-state index is 0.636. The van der Waals surface area contributed by atoms with Gasteiger partial charge in [0.2, 0.25) is 0 Å². The molecule has 1 N–H and O–H groups in total. The van der Waals surface area contributed by atoms with Gasteiger partial charge in [0, 0.05) is 19.1 Å². The Balaban J connectivity index is 1.92. The van der Waals surface area contributed by atoms with Crippen molar-refractivity contribution < 1.29 is 5.11 Å². The van der Waals surface area contributed by atoms with Crippen LogP contribution in [0, 0.1) is 0 Å². The van der Waals surface area contributed by atoms with Crippen LogP contribution in [0.2, 0.25) is 0 Å². The van der Waals surface area contributed by atoms with E-state index in [0.29, 0.717) is 12.6 Å². The lowest BCUT2D eigenvalue weighted by atomic mass is 9.95. The van der Waals surface area contributed by atoms with E-state index in [2.05, 4.69) is 23.9 Å². The Hall–Kier alpha value is -0.900. The molecule has 2 unspecified atom stereocenters. The molecule has 0 amide bonds. The number of hydrogen-bond acceptors (Lipinski definition) is 3. The van der Waals surface area contributed by atoms with Crippen LogP contribution in [0.4, 0.5) is 0 Å². The average Bonchev–Trinajstić information content (AvgIpc) is 2.75. The van der Waals surface area contributed by atoms with Gasteiger partial charge in [0.05, 0.1) is 5.60 Å². The Morgan fingerprint density at radius 1 is 1.37 bits per heavy atom. The number of benzene rings is 1. The third-order valence-corrected chi connectivity index (χ3v) is 4.17. The molecule has 2 rings (SSSR count). The highest BCUT2D eigenvalue weighted by Gasteiger charge is 2.27. The van der Waals surface area contributed by atoms with Gasteiger partial charge >= 0.3 is 0 Å². The summed E-state index contributed by atoms with van der Waals surface area (Å²) in [6, 6.07) is 10.6. The van der Waals surface area contributed by atoms with E-state index >= 15 is 0 Å². The first-order valence-corrected chi connectivity index (χ1v) is 7.16. The van der Waals surface area contributed by atoms with Crippen LogP contribution in [0.3, 0.4) is 0 Å². The van der Waals surface area contributed by atoms with Crippen LogP contribution < -0.4 is 0 Å². The molecular formula is C16H26N2O. The van der Waals surface area contributed by atoms with Crippen molar-refractivity contribution in [2.75, 3.05) is 33.7 Å². The summed E-state index contributed by atoms with van der Waals surface area (Å²) in [5.74, 6) is 0. The first-order chi connectivity index (χ1) is 8.99. The van der Waals surface area contributed by atoms with E-state index < -0.39 is 5.60 Å². The molecule has 1 aliphatic heterocycles. The maximum absolute atomic E-state index is 10.6. The fourth-order valence-corrected chi connectivity index (χ4v) is 3.05. The van der Waals surface area contributed by atoms with Gasteiger partial charge in [0.25, 0.3) is 0 Å². The van der Waals surface area contributed by atoms with Gasteiger partial charge in [-0.05, 0) is 46.0 Å². The molecule has 0 spiro atoms. The highest BCUT2D eigenvalue weighted by molar-refractivity contribution is 5.21. The molecule has 3 nitrogen and oxygen atoms in total. The molecule has 19 heavy (non-hydrogen) atoms. The van der Waals surface area contributed by atoms with Gasteiger partial charge in [-0.15, -0.1) is 0 Å². The normalized spacial score (nSPS) is 23.7. The van der Waals surface area contributed by atoms with Crippen molar-refractivity contribution in [2.24, 2.45) is 0 Å². The molecule has 0 aromatic heterocycles. The highest BCUT2D eigenvalue weighted by atomic mass is 16.3. The topological polar surface area (TPSA) is 26.7 Å². The van der Waals surface area contributed by atoms with Crippen molar-refractivity contribution in [1.82, 2.24) is 9.80 Å². The minimum atomic E-state index is -0.785. The summed E-state index contributed by atoms with van der Waals surface area (Å²) in [5.41, 5.74) is 0.203. The summed E-state index contributed by atoms with van der Waals surface area (Å²) in [6.45, 7) is 4.80. The molecule has 0 saturated carbocycles. The quantitative estimate of drug-likeness (QED) is 0.878. The van der Waals surface area contributed by atoms with Crippen molar-refractivity contribution in [1.29, 1.82) is 0 Å². The molecular weight excluding hydrogens is 236 g/mol. The standard InChI is InChI=1S/C16H26N2O/c1-16(19,14-8-5-4-6-9-14)13-17(2)12-15-10-7-11-18(15)3/h4-6,8-9,15,19H,7,10-13H2,1-3H3. The summed E-state index contributed by atoms with van der Waals surface area (Å²) in [4.78, 5) is 4.67. The van der Waals surface area contributed by atoms with Crippen LogP contribution in [0.1, 0.15) is 25.3 Å². The SMILES string of the molecule is CN(CC1CCCN1C)CC(C)(O)c1ccccc1. The monoisotopic (exact) mass is 262 g/mol. The molecule has 1 heterocycles. The molecule has 1 fully saturated rings. The predicted molar refractivity (Wildman–Crippen MR) is 79.2 cm³/mol. The Labute approximate surface area is 116 Å². The zero-order chi connectivity index (χ0) is 13.9. The first kappa shape index (κ1) is 14.5. The van der Waals surface area contributed by atoms with Gasteiger partial charge < -0.3 is 14.9 Å². The van der Waals surface area contributed by atoms with E-state index in [1.165, 1.54) is 19.4 Å². The van der Waals surface area contributed by atoms with E-state index in [0.717, 1.165) is 12.1 Å². The highest BCUT2D eigenvalue weighted by Crippen LogP contribution is 2.22. The van der Waals surface area contributed by atoms with E-state index in [9.17, 15) is 5.11 Å². The van der Waals surface area contributed by atoms with Crippen LogP contribution in [0.25, 0.3) is 0 Å². The third kappa shape index (κ3) is 3.78. The second kappa shape index (κ2) is 6.04. The zero-order valence-corrected chi connectivity index (χ0v) is 12.3. The zero-order valence-electron chi connectivity index (χ0n) is 12.3. The van der Waals surface area contributed by atoms with Gasteiger partial charge in [-0.1, -0.05) is 30.3 Å². The van der Waals surface area contributed by atoms with E-state index in [-0.39, 0.29) is 0 Å². The van der Waals surface area contributed by atoms with Crippen molar-refractivity contribution in [3.63, 3.8) is 0 Å². The van der Waals surface area contributed by atoms with Crippen LogP contribution in [-0.2, 0) is 5.60 Å². The number of hydrogen-bond donors (Lipinski definition) is 1. The summed E-state index contributed by atoms with van der Waals surface area (Å²) < 4.78 is 0. The molecule has 2 atom stereocenters. The van der Waals surface area contributed by atoms with Crippen LogP contribution in [0.15, 0.2) is 30.3 Å². The largest absolute Gasteiger partial charge is 0.384 e. The molecule has 0 radical (unpaired) electrons. The number of likely N-dealkylation sites (N-methyl/N-ethyl adjacent to an activating group) is 2. The van der Waals surface area contributed by atoms with Crippen molar-refractivity contribution >= 4 is 0 Å². The van der Waals surface area contributed by atoms with Gasteiger partial charge in [-0.3, -0.25) is 0 Å². The number of nitrogens with zero attached hydrogens (tertiary/aromatic N) is 2. The van der Waals surface area contributed by atoms with E-state index in [1.807, 2.05) is 37.3 Å². The maximum Gasteiger partial charge on any atom is 0.0994 e. The van der Waals surface area contributed by atoms with E-state index in [4.69, 9.17) is 0 Å². The smallest absolute Gasteiger partial charge is 0.0994 e. The lowest BCUT2D eigenvalue weighted by molar-refractivity contribution is 0.0185. The van der Waals surface area contributed by atoms with Crippen molar-refractivity contribution in [2.45, 2.75) is 31.4 Å². The second-order valence-electron chi connectivity index (χ2n) is 6.11. The Morgan fingerprint density at radius 3 is 2.63 bits per heavy atom. The lowest BCUT2D eigenvalue weighted by Gasteiger charge is -2.32. The molecule has 0 aliphatic carbocycles. The van der Waals surface area contributed by atoms with E-state index in [1.54, 1.807) is 0 Å². The predicted octanol–water partition coefficient (Wildman–Crippen LogP) is 1.92. The van der Waals surface area contributed by atoms with Gasteiger partial charge in [-0.25, -0.2) is 0 Å². The lowest BCUT2D eigenvalue weighted by Crippen LogP contribution is -2.42. The summed E-state index contributed by atoms with van der Waals surface area (Å²) in [5, 5.41) is 10.6. The van der Waals surface area contributed by atoms with Crippen molar-refractivity contribution in [3.8, 4) is 0 Å². The second-order valence-corrected chi connectivity index (χ2v) is 6.11. The number of aliphatic hydroxyl groups is 1. The van der Waals surface area contributed by atoms with Gasteiger partial charge in [0.15, 0.2) is 0 Å². The molecule has 1 aromatic carbocycles. The maximum atomic E-state index is 10.6. The molecule has 1 saturated heterocycles. The number of rotatable bonds is 5. The summed E-state index contributed by atoms with van der Waals surface area (Å²) in [6.07, 6.45) is 2.57. The fraction of sp³-hybridized carbons (Fsp3) is 0.625. The molecule has 1 aromatic rings. The Kier molecular flexibility index (Phi) is 4.61. The third-order valence-electron chi connectivity index (χ3n) is 4.17. The first-order valence-electron chi connectivity index (χ1n) is 7.16. The van der Waals surface area contributed by atoms with Crippen LogP contribution in [-0.4, -0.2) is 54.7 Å². The van der Waals surface area contributed by atoms with Gasteiger partial charge in [-0.2, -0.15) is 0 Å².